The Bertz CT molecular complexity index is 2620. The van der Waals surface area contributed by atoms with Crippen LogP contribution in [-0.4, -0.2) is 83.2 Å². The number of tetrazole rings is 1. The number of allylic oxidation sites excluding steroid dienone is 1. The van der Waals surface area contributed by atoms with Gasteiger partial charge in [0.2, 0.25) is 5.91 Å². The Hall–Kier alpha value is -7.32. The topological polar surface area (TPSA) is 149 Å². The van der Waals surface area contributed by atoms with E-state index in [2.05, 4.69) is 57.2 Å². The van der Waals surface area contributed by atoms with Crippen molar-refractivity contribution in [3.8, 4) is 0 Å². The molecule has 1 aromatic heterocycles. The summed E-state index contributed by atoms with van der Waals surface area (Å²) in [6.45, 7) is 5.68. The smallest absolute Gasteiger partial charge is 0.408 e. The Kier molecular flexibility index (Phi) is 11.9. The zero-order valence-corrected chi connectivity index (χ0v) is 36.9. The highest BCUT2D eigenvalue weighted by atomic mass is 32.2. The third-order valence-electron chi connectivity index (χ3n) is 11.6. The zero-order valence-electron chi connectivity index (χ0n) is 36.1. The number of aromatic nitrogens is 4. The lowest BCUT2D eigenvalue weighted by Crippen LogP contribution is -2.70. The van der Waals surface area contributed by atoms with E-state index in [1.807, 2.05) is 120 Å². The van der Waals surface area contributed by atoms with Crippen LogP contribution in [0.1, 0.15) is 66.9 Å². The number of β-lactam (4-membered cyclic amide) rings is 1. The van der Waals surface area contributed by atoms with E-state index < -0.39 is 46.6 Å². The summed E-state index contributed by atoms with van der Waals surface area (Å²) < 4.78 is 13.6. The Morgan fingerprint density at radius 3 is 1.83 bits per heavy atom. The second-order valence-corrected chi connectivity index (χ2v) is 18.1. The first-order valence-electron chi connectivity index (χ1n) is 21.5. The number of hydrogen-bond acceptors (Lipinski definition) is 10. The molecular formula is C51H47N7O6S. The number of carbonyl (C=O) groups is 4. The second kappa shape index (κ2) is 18.0. The van der Waals surface area contributed by atoms with E-state index in [1.54, 1.807) is 31.7 Å². The van der Waals surface area contributed by atoms with Crippen molar-refractivity contribution in [3.05, 3.63) is 208 Å². The molecule has 4 heterocycles. The number of hydrogen-bond donors (Lipinski definition) is 1. The number of nitrogens with zero attached hydrogens (tertiary/aromatic N) is 6. The highest BCUT2D eigenvalue weighted by Gasteiger charge is 2.55. The molecule has 3 aliphatic rings. The van der Waals surface area contributed by atoms with Gasteiger partial charge < -0.3 is 19.7 Å². The molecule has 2 atom stereocenters. The number of fused-ring (bicyclic) bond motifs is 1. The highest BCUT2D eigenvalue weighted by Crippen LogP contribution is 2.44. The van der Waals surface area contributed by atoms with Crippen LogP contribution in [0.15, 0.2) is 175 Å². The van der Waals surface area contributed by atoms with Crippen molar-refractivity contribution < 1.29 is 28.7 Å². The van der Waals surface area contributed by atoms with Gasteiger partial charge in [-0.1, -0.05) is 152 Å². The molecule has 5 aromatic carbocycles. The summed E-state index contributed by atoms with van der Waals surface area (Å²) in [4.78, 5) is 59.1. The van der Waals surface area contributed by atoms with E-state index in [-0.39, 0.29) is 23.9 Å². The van der Waals surface area contributed by atoms with E-state index in [1.165, 1.54) is 16.7 Å². The van der Waals surface area contributed by atoms with Gasteiger partial charge in [0.1, 0.15) is 28.3 Å². The summed E-state index contributed by atoms with van der Waals surface area (Å²) in [5, 5.41) is 15.4. The quantitative estimate of drug-likeness (QED) is 0.0565. The largest absolute Gasteiger partial charge is 0.448 e. The lowest BCUT2D eigenvalue weighted by molar-refractivity contribution is -0.153. The number of likely N-dealkylation sites (tertiary alicyclic amines) is 1. The van der Waals surface area contributed by atoms with Gasteiger partial charge in [-0.25, -0.2) is 14.3 Å². The maximum atomic E-state index is 14.7. The van der Waals surface area contributed by atoms with Gasteiger partial charge in [-0.3, -0.25) is 14.5 Å². The van der Waals surface area contributed by atoms with Crippen LogP contribution in [0.25, 0.3) is 0 Å². The summed E-state index contributed by atoms with van der Waals surface area (Å²) in [7, 11) is 0. The fourth-order valence-corrected chi connectivity index (χ4v) is 10.0. The molecule has 2 saturated heterocycles. The summed E-state index contributed by atoms with van der Waals surface area (Å²) in [6.07, 6.45) is 0.557. The molecule has 6 aromatic rings. The third kappa shape index (κ3) is 8.44. The van der Waals surface area contributed by atoms with Gasteiger partial charge in [-0.05, 0) is 77.1 Å². The molecule has 0 spiro atoms. The van der Waals surface area contributed by atoms with Crippen molar-refractivity contribution in [2.75, 3.05) is 12.3 Å². The average Bonchev–Trinajstić information content (AvgIpc) is 3.93. The molecule has 0 saturated carbocycles. The molecule has 2 fully saturated rings. The first-order chi connectivity index (χ1) is 31.5. The van der Waals surface area contributed by atoms with E-state index in [9.17, 15) is 19.2 Å². The normalized spacial score (nSPS) is 18.1. The maximum Gasteiger partial charge on any atom is 0.408 e. The molecule has 328 valence electrons. The van der Waals surface area contributed by atoms with Gasteiger partial charge in [0.15, 0.2) is 11.9 Å². The molecule has 13 nitrogen and oxygen atoms in total. The molecule has 0 radical (unpaired) electrons. The van der Waals surface area contributed by atoms with E-state index in [0.717, 1.165) is 27.8 Å². The third-order valence-corrected chi connectivity index (χ3v) is 12.9. The lowest BCUT2D eigenvalue weighted by Gasteiger charge is -2.49. The number of thioether (sulfide) groups is 1. The van der Waals surface area contributed by atoms with Crippen LogP contribution in [0.2, 0.25) is 0 Å². The summed E-state index contributed by atoms with van der Waals surface area (Å²) in [6, 6.07) is 48.0. The molecule has 0 aliphatic carbocycles. The number of rotatable bonds is 12. The summed E-state index contributed by atoms with van der Waals surface area (Å²) in [5.41, 5.74) is 3.47. The fourth-order valence-electron chi connectivity index (χ4n) is 8.73. The highest BCUT2D eigenvalue weighted by molar-refractivity contribution is 8.00. The van der Waals surface area contributed by atoms with Crippen molar-refractivity contribution in [2.45, 2.75) is 62.4 Å². The Labute approximate surface area is 381 Å². The van der Waals surface area contributed by atoms with Crippen molar-refractivity contribution in [2.24, 2.45) is 0 Å². The molecule has 14 heteroatoms. The number of alkyl carbamates (subject to hydrolysis) is 1. The van der Waals surface area contributed by atoms with E-state index >= 15 is 0 Å². The van der Waals surface area contributed by atoms with Crippen molar-refractivity contribution in [1.29, 1.82) is 0 Å². The van der Waals surface area contributed by atoms with Gasteiger partial charge in [0.25, 0.3) is 5.91 Å². The zero-order chi connectivity index (χ0) is 45.1. The monoisotopic (exact) mass is 885 g/mol. The minimum absolute atomic E-state index is 0.0268. The Morgan fingerprint density at radius 1 is 0.785 bits per heavy atom. The van der Waals surface area contributed by atoms with Gasteiger partial charge in [-0.15, -0.1) is 16.9 Å². The first kappa shape index (κ1) is 43.0. The first-order valence-corrected chi connectivity index (χ1v) is 22.5. The minimum atomic E-state index is -0.989. The Balaban J connectivity index is 1.06. The van der Waals surface area contributed by atoms with Crippen molar-refractivity contribution in [3.63, 3.8) is 0 Å². The van der Waals surface area contributed by atoms with Crippen LogP contribution in [-0.2, 0) is 35.9 Å². The second-order valence-electron chi connectivity index (χ2n) is 17.0. The number of amides is 3. The van der Waals surface area contributed by atoms with Crippen LogP contribution in [0, 0.1) is 0 Å². The number of esters is 1. The number of carbonyl (C=O) groups excluding carboxylic acids is 4. The molecule has 3 amide bonds. The molecule has 0 bridgehead atoms. The minimum Gasteiger partial charge on any atom is -0.448 e. The van der Waals surface area contributed by atoms with Crippen LogP contribution >= 0.6 is 11.8 Å². The fraction of sp³-hybridized carbons (Fsp3) is 0.235. The predicted octanol–water partition coefficient (Wildman–Crippen LogP) is 7.57. The van der Waals surface area contributed by atoms with Crippen molar-refractivity contribution in [1.82, 2.24) is 35.3 Å². The van der Waals surface area contributed by atoms with Crippen LogP contribution < -0.4 is 5.32 Å². The number of nitrogens with one attached hydrogen (secondary N) is 1. The van der Waals surface area contributed by atoms with Gasteiger partial charge >= 0.3 is 12.1 Å². The maximum absolute atomic E-state index is 14.7. The summed E-state index contributed by atoms with van der Waals surface area (Å²) >= 11 is 1.38. The standard InChI is InChI=1S/C51H47N7O6S/c1-50(2,3)64-49(62)52-42-46(60)57-43(48(61)63-44(34-19-9-4-10-20-34)35-21-11-5-12-22-35)37(33-65-47(42)57)31-36-29-30-56(45(36)59)32-41-53-54-55-58(41)51(38-23-13-6-14-24-38,39-25-15-7-16-26-39)40-27-17-8-18-28-40/h4-28,31,42,44,47H,29-30,32-33H2,1-3H3,(H,52,62)/t42-,47-/m1/s1. The van der Waals surface area contributed by atoms with Crippen LogP contribution in [0.5, 0.6) is 0 Å². The average molecular weight is 886 g/mol. The molecular weight excluding hydrogens is 839 g/mol. The lowest BCUT2D eigenvalue weighted by atomic mass is 9.77. The van der Waals surface area contributed by atoms with Crippen molar-refractivity contribution >= 4 is 35.6 Å². The van der Waals surface area contributed by atoms with Crippen LogP contribution in [0.4, 0.5) is 4.79 Å². The Morgan fingerprint density at radius 2 is 1.31 bits per heavy atom. The predicted molar refractivity (Wildman–Crippen MR) is 245 cm³/mol. The number of ether oxygens (including phenoxy) is 2. The molecule has 3 aliphatic heterocycles. The van der Waals surface area contributed by atoms with E-state index in [4.69, 9.17) is 9.47 Å². The SMILES string of the molecule is CC(C)(C)OC(=O)N[C@@H]1C(=O)N2C(C(=O)OC(c3ccccc3)c3ccccc3)=C(C=C3CCN(Cc4nnnn4C(c4ccccc4)(c4ccccc4)c4ccccc4)C3=O)CS[C@H]12. The van der Waals surface area contributed by atoms with Gasteiger partial charge in [-0.2, -0.15) is 0 Å². The van der Waals surface area contributed by atoms with E-state index in [0.29, 0.717) is 29.9 Å². The number of benzene rings is 5. The molecule has 9 rings (SSSR count). The van der Waals surface area contributed by atoms with Gasteiger partial charge in [0.05, 0.1) is 6.54 Å². The summed E-state index contributed by atoms with van der Waals surface area (Å²) in [5.74, 6) is -0.739. The molecule has 1 N–H and O–H groups in total. The molecule has 0 unspecified atom stereocenters. The van der Waals surface area contributed by atoms with Crippen LogP contribution in [0.3, 0.4) is 0 Å². The molecule has 65 heavy (non-hydrogen) atoms. The van der Waals surface area contributed by atoms with Gasteiger partial charge in [0, 0.05) is 17.9 Å².